The molecule has 0 aliphatic carbocycles. The second-order valence-electron chi connectivity index (χ2n) is 7.18. The van der Waals surface area contributed by atoms with Crippen LogP contribution in [0.2, 0.25) is 0 Å². The highest BCUT2D eigenvalue weighted by atomic mass is 32.2. The quantitative estimate of drug-likeness (QED) is 0.632. The third-order valence-corrected chi connectivity index (χ3v) is 7.65. The van der Waals surface area contributed by atoms with Crippen LogP contribution >= 0.6 is 23.1 Å². The first-order valence-electron chi connectivity index (χ1n) is 9.33. The predicted molar refractivity (Wildman–Crippen MR) is 111 cm³/mol. The second kappa shape index (κ2) is 7.26. The van der Waals surface area contributed by atoms with Crippen molar-refractivity contribution in [2.24, 2.45) is 0 Å². The first-order valence-corrected chi connectivity index (χ1v) is 11.1. The van der Waals surface area contributed by atoms with E-state index in [1.54, 1.807) is 23.1 Å². The molecule has 2 aliphatic rings. The van der Waals surface area contributed by atoms with Crippen molar-refractivity contribution in [2.45, 2.75) is 23.3 Å². The Morgan fingerprint density at radius 3 is 2.74 bits per heavy atom. The summed E-state index contributed by atoms with van der Waals surface area (Å²) in [4.78, 5) is 21.6. The number of aromatic nitrogens is 1. The maximum atomic E-state index is 12.5. The van der Waals surface area contributed by atoms with Crippen LogP contribution in [0.3, 0.4) is 0 Å². The molecule has 4 nitrogen and oxygen atoms in total. The van der Waals surface area contributed by atoms with Gasteiger partial charge >= 0.3 is 0 Å². The van der Waals surface area contributed by atoms with Gasteiger partial charge in [-0.3, -0.25) is 9.69 Å². The summed E-state index contributed by atoms with van der Waals surface area (Å²) >= 11 is 3.23. The normalized spacial score (nSPS) is 17.7. The number of thioether (sulfide) groups is 1. The van der Waals surface area contributed by atoms with Gasteiger partial charge in [-0.15, -0.1) is 11.3 Å². The first-order chi connectivity index (χ1) is 13.3. The number of amides is 1. The van der Waals surface area contributed by atoms with E-state index in [0.717, 1.165) is 42.5 Å². The molecule has 3 heterocycles. The van der Waals surface area contributed by atoms with Crippen molar-refractivity contribution in [3.05, 3.63) is 59.7 Å². The van der Waals surface area contributed by atoms with Gasteiger partial charge in [-0.2, -0.15) is 0 Å². The average molecular weight is 396 g/mol. The van der Waals surface area contributed by atoms with Crippen molar-refractivity contribution in [2.75, 3.05) is 25.4 Å². The Morgan fingerprint density at radius 1 is 1.11 bits per heavy atom. The SMILES string of the molecule is O=C(CSc1nc2ccccc2s1)N1CC(N2CCc3ccccc3C2)C1. The molecule has 1 saturated heterocycles. The smallest absolute Gasteiger partial charge is 0.233 e. The van der Waals surface area contributed by atoms with Gasteiger partial charge in [-0.25, -0.2) is 4.98 Å². The van der Waals surface area contributed by atoms with E-state index in [1.165, 1.54) is 15.8 Å². The highest BCUT2D eigenvalue weighted by Gasteiger charge is 2.35. The predicted octanol–water partition coefficient (Wildman–Crippen LogP) is 3.66. The minimum absolute atomic E-state index is 0.230. The van der Waals surface area contributed by atoms with Crippen LogP contribution in [0.15, 0.2) is 52.9 Å². The standard InChI is InChI=1S/C21H21N3OS2/c25-20(14-26-21-22-18-7-3-4-8-19(18)27-21)24-12-17(13-24)23-10-9-15-5-1-2-6-16(15)11-23/h1-8,17H,9-14H2. The van der Waals surface area contributed by atoms with Crippen molar-refractivity contribution in [3.8, 4) is 0 Å². The minimum atomic E-state index is 0.230. The number of hydrogen-bond acceptors (Lipinski definition) is 5. The zero-order valence-electron chi connectivity index (χ0n) is 15.0. The number of hydrogen-bond donors (Lipinski definition) is 0. The fourth-order valence-electron chi connectivity index (χ4n) is 3.85. The molecule has 1 fully saturated rings. The van der Waals surface area contributed by atoms with E-state index in [4.69, 9.17) is 0 Å². The molecule has 0 bridgehead atoms. The van der Waals surface area contributed by atoms with E-state index in [0.29, 0.717) is 11.8 Å². The lowest BCUT2D eigenvalue weighted by Gasteiger charge is -2.47. The molecule has 0 N–H and O–H groups in total. The van der Waals surface area contributed by atoms with Crippen LogP contribution in [0, 0.1) is 0 Å². The molecule has 6 heteroatoms. The summed E-state index contributed by atoms with van der Waals surface area (Å²) in [6, 6.07) is 17.4. The van der Waals surface area contributed by atoms with Crippen molar-refractivity contribution in [1.29, 1.82) is 0 Å². The molecule has 2 aromatic carbocycles. The Balaban J connectivity index is 1.13. The topological polar surface area (TPSA) is 36.4 Å². The summed E-state index contributed by atoms with van der Waals surface area (Å²) in [5.41, 5.74) is 3.94. The number of carbonyl (C=O) groups excluding carboxylic acids is 1. The van der Waals surface area contributed by atoms with Crippen LogP contribution in [-0.4, -0.2) is 52.1 Å². The number of thiazole rings is 1. The summed E-state index contributed by atoms with van der Waals surface area (Å²) in [6.45, 7) is 3.84. The average Bonchev–Trinajstić information content (AvgIpc) is 3.08. The molecular formula is C21H21N3OS2. The van der Waals surface area contributed by atoms with Gasteiger partial charge in [-0.05, 0) is 29.7 Å². The highest BCUT2D eigenvalue weighted by molar-refractivity contribution is 8.01. The van der Waals surface area contributed by atoms with Gasteiger partial charge in [0.15, 0.2) is 4.34 Å². The van der Waals surface area contributed by atoms with Crippen molar-refractivity contribution < 1.29 is 4.79 Å². The Hall–Kier alpha value is -1.89. The Kier molecular flexibility index (Phi) is 4.63. The first kappa shape index (κ1) is 17.2. The molecule has 0 spiro atoms. The number of para-hydroxylation sites is 1. The number of benzene rings is 2. The third kappa shape index (κ3) is 3.49. The molecule has 138 valence electrons. The summed E-state index contributed by atoms with van der Waals surface area (Å²) in [6.07, 6.45) is 1.12. The molecule has 3 aromatic rings. The number of carbonyl (C=O) groups is 1. The number of nitrogens with zero attached hydrogens (tertiary/aromatic N) is 3. The minimum Gasteiger partial charge on any atom is -0.339 e. The second-order valence-corrected chi connectivity index (χ2v) is 9.43. The Labute approximate surface area is 167 Å². The highest BCUT2D eigenvalue weighted by Crippen LogP contribution is 2.30. The maximum Gasteiger partial charge on any atom is 0.233 e. The van der Waals surface area contributed by atoms with E-state index in [9.17, 15) is 4.79 Å². The molecule has 0 unspecified atom stereocenters. The number of likely N-dealkylation sites (tertiary alicyclic amines) is 1. The van der Waals surface area contributed by atoms with Crippen LogP contribution < -0.4 is 0 Å². The zero-order chi connectivity index (χ0) is 18.2. The third-order valence-electron chi connectivity index (χ3n) is 5.48. The summed E-state index contributed by atoms with van der Waals surface area (Å²) < 4.78 is 2.16. The lowest BCUT2D eigenvalue weighted by molar-refractivity contribution is -0.136. The van der Waals surface area contributed by atoms with Gasteiger partial charge in [0.05, 0.1) is 16.0 Å². The Bertz CT molecular complexity index is 947. The number of fused-ring (bicyclic) bond motifs is 2. The fourth-order valence-corrected chi connectivity index (χ4v) is 5.82. The fraction of sp³-hybridized carbons (Fsp3) is 0.333. The van der Waals surface area contributed by atoms with Crippen molar-refractivity contribution >= 4 is 39.2 Å². The van der Waals surface area contributed by atoms with E-state index in [2.05, 4.69) is 40.2 Å². The molecule has 5 rings (SSSR count). The summed E-state index contributed by atoms with van der Waals surface area (Å²) in [5, 5.41) is 0. The summed E-state index contributed by atoms with van der Waals surface area (Å²) in [7, 11) is 0. The largest absolute Gasteiger partial charge is 0.339 e. The van der Waals surface area contributed by atoms with E-state index < -0.39 is 0 Å². The molecule has 0 saturated carbocycles. The van der Waals surface area contributed by atoms with E-state index in [-0.39, 0.29) is 5.91 Å². The van der Waals surface area contributed by atoms with Gasteiger partial charge in [0.2, 0.25) is 5.91 Å². The van der Waals surface area contributed by atoms with Gasteiger partial charge in [0.1, 0.15) is 0 Å². The molecular weight excluding hydrogens is 374 g/mol. The maximum absolute atomic E-state index is 12.5. The molecule has 2 aliphatic heterocycles. The summed E-state index contributed by atoms with van der Waals surface area (Å²) in [5.74, 6) is 0.711. The lowest BCUT2D eigenvalue weighted by atomic mass is 9.96. The molecule has 1 amide bonds. The van der Waals surface area contributed by atoms with Gasteiger partial charge in [0.25, 0.3) is 0 Å². The van der Waals surface area contributed by atoms with Crippen LogP contribution in [0.5, 0.6) is 0 Å². The van der Waals surface area contributed by atoms with Crippen LogP contribution in [0.4, 0.5) is 0 Å². The van der Waals surface area contributed by atoms with Gasteiger partial charge in [-0.1, -0.05) is 48.2 Å². The Morgan fingerprint density at radius 2 is 1.89 bits per heavy atom. The van der Waals surface area contributed by atoms with Crippen LogP contribution in [0.1, 0.15) is 11.1 Å². The van der Waals surface area contributed by atoms with Gasteiger partial charge in [0, 0.05) is 32.2 Å². The molecule has 0 radical (unpaired) electrons. The number of rotatable bonds is 4. The van der Waals surface area contributed by atoms with Gasteiger partial charge < -0.3 is 4.90 Å². The van der Waals surface area contributed by atoms with Crippen LogP contribution in [-0.2, 0) is 17.8 Å². The lowest BCUT2D eigenvalue weighted by Crippen LogP contribution is -2.62. The monoisotopic (exact) mass is 395 g/mol. The zero-order valence-corrected chi connectivity index (χ0v) is 16.6. The van der Waals surface area contributed by atoms with E-state index >= 15 is 0 Å². The van der Waals surface area contributed by atoms with Crippen molar-refractivity contribution in [3.63, 3.8) is 0 Å². The van der Waals surface area contributed by atoms with E-state index in [1.807, 2.05) is 23.1 Å². The molecule has 27 heavy (non-hydrogen) atoms. The van der Waals surface area contributed by atoms with Crippen molar-refractivity contribution in [1.82, 2.24) is 14.8 Å². The van der Waals surface area contributed by atoms with Crippen LogP contribution in [0.25, 0.3) is 10.2 Å². The molecule has 0 atom stereocenters. The molecule has 1 aromatic heterocycles.